The van der Waals surface area contributed by atoms with Crippen LogP contribution >= 0.6 is 11.8 Å². The van der Waals surface area contributed by atoms with Gasteiger partial charge in [-0.05, 0) is 36.6 Å². The summed E-state index contributed by atoms with van der Waals surface area (Å²) in [6, 6.07) is 11.4. The SMILES string of the molecule is CSc1ccc(Nc2cc3[nH]c(=O)oc3cc2N)cc1. The van der Waals surface area contributed by atoms with Crippen molar-refractivity contribution in [3.63, 3.8) is 0 Å². The maximum atomic E-state index is 11.2. The van der Waals surface area contributed by atoms with Crippen LogP contribution in [0.1, 0.15) is 0 Å². The Hall–Kier alpha value is -2.34. The van der Waals surface area contributed by atoms with Crippen LogP contribution in [0, 0.1) is 0 Å². The van der Waals surface area contributed by atoms with Gasteiger partial charge in [0, 0.05) is 16.6 Å². The van der Waals surface area contributed by atoms with Gasteiger partial charge in [-0.1, -0.05) is 0 Å². The minimum absolute atomic E-state index is 0.454. The number of fused-ring (bicyclic) bond motifs is 1. The molecule has 4 N–H and O–H groups in total. The molecule has 5 nitrogen and oxygen atoms in total. The first-order valence-electron chi connectivity index (χ1n) is 5.99. The lowest BCUT2D eigenvalue weighted by molar-refractivity contribution is 0.555. The second kappa shape index (κ2) is 4.97. The normalized spacial score (nSPS) is 10.8. The molecule has 0 saturated heterocycles. The summed E-state index contributed by atoms with van der Waals surface area (Å²) in [6.07, 6.45) is 2.03. The molecule has 0 aliphatic carbocycles. The summed E-state index contributed by atoms with van der Waals surface area (Å²) < 4.78 is 4.96. The molecule has 0 bridgehead atoms. The fourth-order valence-electron chi connectivity index (χ4n) is 1.95. The molecule has 2 aromatic carbocycles. The fourth-order valence-corrected chi connectivity index (χ4v) is 2.36. The average molecular weight is 287 g/mol. The van der Waals surface area contributed by atoms with Gasteiger partial charge in [0.1, 0.15) is 0 Å². The molecule has 1 heterocycles. The highest BCUT2D eigenvalue weighted by Gasteiger charge is 2.07. The monoisotopic (exact) mass is 287 g/mol. The Morgan fingerprint density at radius 1 is 1.25 bits per heavy atom. The molecular weight excluding hydrogens is 274 g/mol. The zero-order valence-electron chi connectivity index (χ0n) is 10.8. The molecule has 6 heteroatoms. The predicted octanol–water partition coefficient (Wildman–Crippen LogP) is 3.17. The molecule has 0 amide bonds. The highest BCUT2D eigenvalue weighted by atomic mass is 32.2. The summed E-state index contributed by atoms with van der Waals surface area (Å²) >= 11 is 1.69. The van der Waals surface area contributed by atoms with E-state index in [2.05, 4.69) is 10.3 Å². The van der Waals surface area contributed by atoms with Crippen molar-refractivity contribution in [1.82, 2.24) is 4.98 Å². The predicted molar refractivity (Wildman–Crippen MR) is 82.8 cm³/mol. The van der Waals surface area contributed by atoms with Crippen LogP contribution in [0.15, 0.2) is 50.5 Å². The summed E-state index contributed by atoms with van der Waals surface area (Å²) in [5.41, 5.74) is 9.21. The highest BCUT2D eigenvalue weighted by molar-refractivity contribution is 7.98. The highest BCUT2D eigenvalue weighted by Crippen LogP contribution is 2.28. The van der Waals surface area contributed by atoms with Crippen molar-refractivity contribution in [1.29, 1.82) is 0 Å². The average Bonchev–Trinajstić information content (AvgIpc) is 2.79. The number of nitrogen functional groups attached to an aromatic ring is 1. The summed E-state index contributed by atoms with van der Waals surface area (Å²) in [6.45, 7) is 0. The van der Waals surface area contributed by atoms with Crippen LogP contribution in [0.5, 0.6) is 0 Å². The molecule has 20 heavy (non-hydrogen) atoms. The van der Waals surface area contributed by atoms with Gasteiger partial charge in [0.2, 0.25) is 0 Å². The summed E-state index contributed by atoms with van der Waals surface area (Å²) in [7, 11) is 0. The number of H-pyrrole nitrogens is 1. The topological polar surface area (TPSA) is 84.0 Å². The van der Waals surface area contributed by atoms with Crippen LogP contribution < -0.4 is 16.8 Å². The Labute approximate surface area is 119 Å². The van der Waals surface area contributed by atoms with Crippen molar-refractivity contribution in [2.45, 2.75) is 4.90 Å². The quantitative estimate of drug-likeness (QED) is 0.509. The van der Waals surface area contributed by atoms with Gasteiger partial charge in [-0.15, -0.1) is 11.8 Å². The Morgan fingerprint density at radius 3 is 2.70 bits per heavy atom. The van der Waals surface area contributed by atoms with Crippen LogP contribution in [-0.2, 0) is 0 Å². The van der Waals surface area contributed by atoms with Crippen molar-refractivity contribution in [3.05, 3.63) is 46.9 Å². The third-order valence-corrected chi connectivity index (χ3v) is 3.70. The molecule has 102 valence electrons. The standard InChI is InChI=1S/C14H13N3O2S/c1-20-9-4-2-8(3-5-9)16-11-7-12-13(6-10(11)15)19-14(18)17-12/h2-7,16H,15H2,1H3,(H,17,18). The molecule has 0 atom stereocenters. The van der Waals surface area contributed by atoms with E-state index in [0.29, 0.717) is 16.8 Å². The summed E-state index contributed by atoms with van der Waals surface area (Å²) in [4.78, 5) is 15.0. The van der Waals surface area contributed by atoms with Crippen molar-refractivity contribution < 1.29 is 4.42 Å². The number of aromatic amines is 1. The van der Waals surface area contributed by atoms with Crippen molar-refractivity contribution in [2.24, 2.45) is 0 Å². The van der Waals surface area contributed by atoms with Gasteiger partial charge in [0.15, 0.2) is 5.58 Å². The first kappa shape index (κ1) is 12.7. The molecule has 3 aromatic rings. The molecule has 0 fully saturated rings. The molecule has 1 aromatic heterocycles. The number of hydrogen-bond donors (Lipinski definition) is 3. The van der Waals surface area contributed by atoms with Crippen molar-refractivity contribution >= 4 is 39.9 Å². The van der Waals surface area contributed by atoms with Gasteiger partial charge < -0.3 is 15.5 Å². The Morgan fingerprint density at radius 2 is 2.00 bits per heavy atom. The summed E-state index contributed by atoms with van der Waals surface area (Å²) in [5, 5.41) is 3.23. The van der Waals surface area contributed by atoms with Gasteiger partial charge in [0.05, 0.1) is 16.9 Å². The van der Waals surface area contributed by atoms with E-state index >= 15 is 0 Å². The molecule has 0 spiro atoms. The van der Waals surface area contributed by atoms with Gasteiger partial charge in [-0.3, -0.25) is 4.98 Å². The molecule has 0 aliphatic heterocycles. The molecule has 0 unspecified atom stereocenters. The van der Waals surface area contributed by atoms with E-state index in [0.717, 1.165) is 11.4 Å². The number of rotatable bonds is 3. The van der Waals surface area contributed by atoms with Crippen LogP contribution in [-0.4, -0.2) is 11.2 Å². The molecule has 3 rings (SSSR count). The number of thioether (sulfide) groups is 1. The summed E-state index contributed by atoms with van der Waals surface area (Å²) in [5.74, 6) is -0.485. The lowest BCUT2D eigenvalue weighted by Gasteiger charge is -2.09. The Kier molecular flexibility index (Phi) is 3.15. The first-order valence-corrected chi connectivity index (χ1v) is 7.21. The number of benzene rings is 2. The van der Waals surface area contributed by atoms with Crippen molar-refractivity contribution in [2.75, 3.05) is 17.3 Å². The van der Waals surface area contributed by atoms with Crippen LogP contribution in [0.4, 0.5) is 17.1 Å². The van der Waals surface area contributed by atoms with Crippen LogP contribution in [0.3, 0.4) is 0 Å². The minimum atomic E-state index is -0.485. The van der Waals surface area contributed by atoms with Gasteiger partial charge in [-0.25, -0.2) is 4.79 Å². The maximum absolute atomic E-state index is 11.2. The lowest BCUT2D eigenvalue weighted by Crippen LogP contribution is -1.96. The van der Waals surface area contributed by atoms with E-state index in [4.69, 9.17) is 10.2 Å². The molecule has 0 saturated carbocycles. The van der Waals surface area contributed by atoms with E-state index in [-0.39, 0.29) is 0 Å². The number of aromatic nitrogens is 1. The van der Waals surface area contributed by atoms with Crippen molar-refractivity contribution in [3.8, 4) is 0 Å². The van der Waals surface area contributed by atoms with E-state index in [1.54, 1.807) is 23.9 Å². The largest absolute Gasteiger partial charge is 0.417 e. The van der Waals surface area contributed by atoms with Gasteiger partial charge >= 0.3 is 5.76 Å². The zero-order chi connectivity index (χ0) is 14.1. The number of nitrogens with one attached hydrogen (secondary N) is 2. The number of oxazole rings is 1. The second-order valence-corrected chi connectivity index (χ2v) is 5.18. The van der Waals surface area contributed by atoms with E-state index < -0.39 is 5.76 Å². The van der Waals surface area contributed by atoms with Crippen LogP contribution in [0.25, 0.3) is 11.1 Å². The van der Waals surface area contributed by atoms with Gasteiger partial charge in [-0.2, -0.15) is 0 Å². The Balaban J connectivity index is 1.96. The number of nitrogens with two attached hydrogens (primary N) is 1. The Bertz CT molecular complexity index is 805. The third-order valence-electron chi connectivity index (χ3n) is 2.96. The maximum Gasteiger partial charge on any atom is 0.417 e. The fraction of sp³-hybridized carbons (Fsp3) is 0.0714. The lowest BCUT2D eigenvalue weighted by atomic mass is 10.2. The van der Waals surface area contributed by atoms with Crippen LogP contribution in [0.2, 0.25) is 0 Å². The molecule has 0 aliphatic rings. The van der Waals surface area contributed by atoms with E-state index in [9.17, 15) is 4.79 Å². The van der Waals surface area contributed by atoms with Gasteiger partial charge in [0.25, 0.3) is 0 Å². The van der Waals surface area contributed by atoms with E-state index in [1.807, 2.05) is 30.5 Å². The smallest absolute Gasteiger partial charge is 0.408 e. The molecular formula is C14H13N3O2S. The second-order valence-electron chi connectivity index (χ2n) is 4.30. The third kappa shape index (κ3) is 2.37. The minimum Gasteiger partial charge on any atom is -0.408 e. The zero-order valence-corrected chi connectivity index (χ0v) is 11.6. The van der Waals surface area contributed by atoms with E-state index in [1.165, 1.54) is 4.90 Å². The molecule has 0 radical (unpaired) electrons. The first-order chi connectivity index (χ1) is 9.65. The number of hydrogen-bond acceptors (Lipinski definition) is 5. The number of anilines is 3.